The van der Waals surface area contributed by atoms with Crippen LogP contribution in [0.3, 0.4) is 0 Å². The van der Waals surface area contributed by atoms with Crippen LogP contribution in [0.5, 0.6) is 0 Å². The maximum atomic E-state index is 6.21. The van der Waals surface area contributed by atoms with Crippen LogP contribution in [0.25, 0.3) is 16.9 Å². The second kappa shape index (κ2) is 6.72. The van der Waals surface area contributed by atoms with Gasteiger partial charge >= 0.3 is 0 Å². The van der Waals surface area contributed by atoms with Gasteiger partial charge in [0.05, 0.1) is 16.4 Å². The van der Waals surface area contributed by atoms with Crippen LogP contribution in [-0.4, -0.2) is 9.38 Å². The molecule has 0 saturated carbocycles. The highest BCUT2D eigenvalue weighted by molar-refractivity contribution is 6.31. The van der Waals surface area contributed by atoms with Gasteiger partial charge < -0.3 is 4.40 Å². The Hall–Kier alpha value is -2.00. The third-order valence-electron chi connectivity index (χ3n) is 4.04. The predicted octanol–water partition coefficient (Wildman–Crippen LogP) is 6.55. The molecule has 0 bridgehead atoms. The molecule has 2 aromatic carbocycles. The van der Waals surface area contributed by atoms with E-state index in [4.69, 9.17) is 39.8 Å². The molecule has 0 N–H and O–H groups in total. The second-order valence-corrected chi connectivity index (χ2v) is 7.11. The smallest absolute Gasteiger partial charge is 0.137 e. The van der Waals surface area contributed by atoms with Gasteiger partial charge in [0.25, 0.3) is 0 Å². The fraction of sp³-hybridized carbons (Fsp3) is 0.0500. The van der Waals surface area contributed by atoms with Gasteiger partial charge in [-0.15, -0.1) is 0 Å². The number of halogens is 3. The zero-order valence-corrected chi connectivity index (χ0v) is 15.4. The van der Waals surface area contributed by atoms with Gasteiger partial charge in [0.2, 0.25) is 0 Å². The van der Waals surface area contributed by atoms with Crippen molar-refractivity contribution in [3.05, 3.63) is 93.2 Å². The van der Waals surface area contributed by atoms with Gasteiger partial charge in [-0.1, -0.05) is 59.1 Å². The predicted molar refractivity (Wildman–Crippen MR) is 105 cm³/mol. The van der Waals surface area contributed by atoms with E-state index in [1.165, 1.54) is 0 Å². The first-order chi connectivity index (χ1) is 12.1. The molecule has 124 valence electrons. The molecule has 2 aromatic heterocycles. The van der Waals surface area contributed by atoms with Crippen molar-refractivity contribution in [2.45, 2.75) is 6.42 Å². The Balaban J connectivity index is 1.92. The highest BCUT2D eigenvalue weighted by Gasteiger charge is 2.15. The van der Waals surface area contributed by atoms with Crippen molar-refractivity contribution in [3.63, 3.8) is 0 Å². The second-order valence-electron chi connectivity index (χ2n) is 5.80. The minimum atomic E-state index is 0.662. The van der Waals surface area contributed by atoms with E-state index in [0.29, 0.717) is 21.5 Å². The molecule has 4 aromatic rings. The van der Waals surface area contributed by atoms with Crippen molar-refractivity contribution >= 4 is 40.4 Å². The zero-order valence-electron chi connectivity index (χ0n) is 13.1. The van der Waals surface area contributed by atoms with Crippen molar-refractivity contribution in [3.8, 4) is 11.3 Å². The number of pyridine rings is 1. The van der Waals surface area contributed by atoms with Crippen LogP contribution in [0.4, 0.5) is 0 Å². The van der Waals surface area contributed by atoms with Gasteiger partial charge in [0.1, 0.15) is 5.65 Å². The van der Waals surface area contributed by atoms with Gasteiger partial charge in [-0.2, -0.15) is 0 Å². The molecule has 0 aliphatic rings. The number of hydrogen-bond acceptors (Lipinski definition) is 1. The molecular weight excluding hydrogens is 375 g/mol. The van der Waals surface area contributed by atoms with Crippen LogP contribution < -0.4 is 0 Å². The van der Waals surface area contributed by atoms with Gasteiger partial charge in [-0.25, -0.2) is 4.98 Å². The van der Waals surface area contributed by atoms with E-state index < -0.39 is 0 Å². The van der Waals surface area contributed by atoms with Crippen LogP contribution in [0.15, 0.2) is 66.9 Å². The minimum Gasteiger partial charge on any atom is -0.302 e. The molecular formula is C20H13Cl3N2. The lowest BCUT2D eigenvalue weighted by Crippen LogP contribution is -1.97. The van der Waals surface area contributed by atoms with Crippen molar-refractivity contribution in [2.75, 3.05) is 0 Å². The average molecular weight is 388 g/mol. The number of nitrogens with zero attached hydrogens (tertiary/aromatic N) is 2. The molecule has 2 nitrogen and oxygen atoms in total. The molecule has 0 fully saturated rings. The summed E-state index contributed by atoms with van der Waals surface area (Å²) in [7, 11) is 0. The standard InChI is InChI=1S/C20H13Cl3N2/c21-15-5-1-3-13(9-15)10-18-20(14-4-2-6-16(22)11-14)24-19-8-7-17(23)12-25(18)19/h1-9,11-12H,10H2. The van der Waals surface area contributed by atoms with Crippen LogP contribution >= 0.6 is 34.8 Å². The van der Waals surface area contributed by atoms with Crippen LogP contribution in [-0.2, 0) is 6.42 Å². The van der Waals surface area contributed by atoms with Crippen LogP contribution in [0.1, 0.15) is 11.3 Å². The minimum absolute atomic E-state index is 0.662. The van der Waals surface area contributed by atoms with E-state index in [0.717, 1.165) is 28.2 Å². The van der Waals surface area contributed by atoms with E-state index in [1.54, 1.807) is 0 Å². The fourth-order valence-electron chi connectivity index (χ4n) is 2.94. The van der Waals surface area contributed by atoms with E-state index in [2.05, 4.69) is 6.07 Å². The van der Waals surface area contributed by atoms with E-state index in [9.17, 15) is 0 Å². The lowest BCUT2D eigenvalue weighted by molar-refractivity contribution is 1.03. The molecule has 0 amide bonds. The molecule has 0 spiro atoms. The summed E-state index contributed by atoms with van der Waals surface area (Å²) in [6.07, 6.45) is 2.57. The maximum Gasteiger partial charge on any atom is 0.137 e. The molecule has 0 unspecified atom stereocenters. The Morgan fingerprint density at radius 3 is 2.32 bits per heavy atom. The molecule has 25 heavy (non-hydrogen) atoms. The summed E-state index contributed by atoms with van der Waals surface area (Å²) in [5.74, 6) is 0. The largest absolute Gasteiger partial charge is 0.302 e. The average Bonchev–Trinajstić information content (AvgIpc) is 2.93. The summed E-state index contributed by atoms with van der Waals surface area (Å²) in [6.45, 7) is 0. The van der Waals surface area contributed by atoms with Gasteiger partial charge in [0, 0.05) is 28.2 Å². The van der Waals surface area contributed by atoms with Crippen LogP contribution in [0.2, 0.25) is 15.1 Å². The Kier molecular flexibility index (Phi) is 4.43. The first kappa shape index (κ1) is 16.5. The molecule has 0 radical (unpaired) electrons. The monoisotopic (exact) mass is 386 g/mol. The lowest BCUT2D eigenvalue weighted by atomic mass is 10.0. The van der Waals surface area contributed by atoms with Crippen molar-refractivity contribution in [2.24, 2.45) is 0 Å². The molecule has 4 rings (SSSR count). The fourth-order valence-corrected chi connectivity index (χ4v) is 3.51. The van der Waals surface area contributed by atoms with Crippen molar-refractivity contribution < 1.29 is 0 Å². The quantitative estimate of drug-likeness (QED) is 0.389. The summed E-state index contributed by atoms with van der Waals surface area (Å²) in [4.78, 5) is 4.80. The Morgan fingerprint density at radius 2 is 1.56 bits per heavy atom. The first-order valence-corrected chi connectivity index (χ1v) is 8.90. The first-order valence-electron chi connectivity index (χ1n) is 7.77. The lowest BCUT2D eigenvalue weighted by Gasteiger charge is -2.07. The molecule has 0 aliphatic heterocycles. The van der Waals surface area contributed by atoms with Crippen molar-refractivity contribution in [1.82, 2.24) is 9.38 Å². The highest BCUT2D eigenvalue weighted by atomic mass is 35.5. The zero-order chi connectivity index (χ0) is 17.4. The van der Waals surface area contributed by atoms with E-state index in [-0.39, 0.29) is 0 Å². The molecule has 0 aliphatic carbocycles. The number of rotatable bonds is 3. The summed E-state index contributed by atoms with van der Waals surface area (Å²) >= 11 is 18.5. The summed E-state index contributed by atoms with van der Waals surface area (Å²) in [5.41, 5.74) is 4.87. The normalized spacial score (nSPS) is 11.2. The third-order valence-corrected chi connectivity index (χ3v) is 4.73. The molecule has 2 heterocycles. The molecule has 5 heteroatoms. The topological polar surface area (TPSA) is 17.3 Å². The molecule has 0 atom stereocenters. The molecule has 0 saturated heterocycles. The van der Waals surface area contributed by atoms with Crippen molar-refractivity contribution in [1.29, 1.82) is 0 Å². The number of hydrogen-bond donors (Lipinski definition) is 0. The van der Waals surface area contributed by atoms with Gasteiger partial charge in [0.15, 0.2) is 0 Å². The van der Waals surface area contributed by atoms with E-state index >= 15 is 0 Å². The number of imidazole rings is 1. The SMILES string of the molecule is Clc1cccc(Cc2c(-c3cccc(Cl)c3)nc3ccc(Cl)cn23)c1. The Bertz CT molecular complexity index is 1070. The number of aromatic nitrogens is 2. The Morgan fingerprint density at radius 1 is 0.800 bits per heavy atom. The third kappa shape index (κ3) is 3.38. The van der Waals surface area contributed by atoms with Crippen LogP contribution in [0, 0.1) is 0 Å². The number of benzene rings is 2. The van der Waals surface area contributed by atoms with E-state index in [1.807, 2.05) is 65.2 Å². The van der Waals surface area contributed by atoms with Gasteiger partial charge in [-0.05, 0) is 42.0 Å². The Labute approximate surface area is 160 Å². The summed E-state index contributed by atoms with van der Waals surface area (Å²) in [5, 5.41) is 2.06. The summed E-state index contributed by atoms with van der Waals surface area (Å²) in [6, 6.07) is 19.3. The van der Waals surface area contributed by atoms with Gasteiger partial charge in [-0.3, -0.25) is 0 Å². The number of fused-ring (bicyclic) bond motifs is 1. The summed E-state index contributed by atoms with van der Waals surface area (Å²) < 4.78 is 2.03. The maximum absolute atomic E-state index is 6.21. The highest BCUT2D eigenvalue weighted by Crippen LogP contribution is 2.29.